The molecule has 2 aromatic rings. The number of hydrogen-bond donors (Lipinski definition) is 0. The summed E-state index contributed by atoms with van der Waals surface area (Å²) < 4.78 is 1.90. The summed E-state index contributed by atoms with van der Waals surface area (Å²) in [4.78, 5) is 12.7. The Bertz CT molecular complexity index is 615. The molecule has 1 unspecified atom stereocenters. The molecule has 3 heteroatoms. The zero-order valence-electron chi connectivity index (χ0n) is 11.9. The van der Waals surface area contributed by atoms with Gasteiger partial charge < -0.3 is 0 Å². The highest BCUT2D eigenvalue weighted by atomic mass is 16.1. The first-order valence-corrected chi connectivity index (χ1v) is 7.34. The van der Waals surface area contributed by atoms with Gasteiger partial charge in [-0.15, -0.1) is 0 Å². The van der Waals surface area contributed by atoms with Gasteiger partial charge in [-0.3, -0.25) is 9.48 Å². The summed E-state index contributed by atoms with van der Waals surface area (Å²) in [7, 11) is 1.96. The van der Waals surface area contributed by atoms with E-state index in [1.54, 1.807) is 0 Å². The van der Waals surface area contributed by atoms with E-state index in [2.05, 4.69) is 11.2 Å². The van der Waals surface area contributed by atoms with Crippen LogP contribution in [-0.4, -0.2) is 15.6 Å². The van der Waals surface area contributed by atoms with Gasteiger partial charge in [-0.2, -0.15) is 5.10 Å². The van der Waals surface area contributed by atoms with Crippen LogP contribution in [0.2, 0.25) is 0 Å². The maximum Gasteiger partial charge on any atom is 0.166 e. The predicted octanol–water partition coefficient (Wildman–Crippen LogP) is 3.19. The summed E-state index contributed by atoms with van der Waals surface area (Å²) in [5.74, 6) is 0.494. The van der Waals surface area contributed by atoms with E-state index < -0.39 is 0 Å². The quantitative estimate of drug-likeness (QED) is 0.801. The molecule has 0 fully saturated rings. The van der Waals surface area contributed by atoms with Gasteiger partial charge in [0.15, 0.2) is 5.78 Å². The van der Waals surface area contributed by atoms with Crippen LogP contribution in [0.15, 0.2) is 36.5 Å². The number of Topliss-reactive ketones (excluding diaryl/α,β-unsaturated/α-hetero) is 1. The molecule has 0 amide bonds. The number of nitrogens with zero attached hydrogens (tertiary/aromatic N) is 2. The van der Waals surface area contributed by atoms with Crippen molar-refractivity contribution >= 4 is 5.78 Å². The normalized spacial score (nSPS) is 18.6. The van der Waals surface area contributed by atoms with Crippen molar-refractivity contribution in [1.29, 1.82) is 0 Å². The van der Waals surface area contributed by atoms with Crippen molar-refractivity contribution < 1.29 is 4.79 Å². The number of fused-ring (bicyclic) bond motifs is 1. The summed E-state index contributed by atoms with van der Waals surface area (Å²) >= 11 is 0. The summed E-state index contributed by atoms with van der Waals surface area (Å²) in [6, 6.07) is 10.1. The summed E-state index contributed by atoms with van der Waals surface area (Å²) in [6.45, 7) is 0. The minimum Gasteiger partial charge on any atom is -0.294 e. The van der Waals surface area contributed by atoms with Crippen LogP contribution in [0.4, 0.5) is 0 Å². The molecule has 3 rings (SSSR count). The molecule has 1 atom stereocenters. The van der Waals surface area contributed by atoms with Gasteiger partial charge in [0.25, 0.3) is 0 Å². The van der Waals surface area contributed by atoms with Crippen molar-refractivity contribution in [2.45, 2.75) is 32.1 Å². The smallest absolute Gasteiger partial charge is 0.166 e. The molecule has 1 heterocycles. The fourth-order valence-corrected chi connectivity index (χ4v) is 3.11. The lowest BCUT2D eigenvalue weighted by Crippen LogP contribution is -2.15. The molecule has 1 aromatic carbocycles. The van der Waals surface area contributed by atoms with Gasteiger partial charge in [0.05, 0.1) is 0 Å². The zero-order chi connectivity index (χ0) is 13.9. The number of carbonyl (C=O) groups is 1. The Morgan fingerprint density at radius 2 is 2.15 bits per heavy atom. The molecule has 104 valence electrons. The molecular formula is C17H20N2O. The molecule has 0 saturated heterocycles. The van der Waals surface area contributed by atoms with Crippen LogP contribution in [0.3, 0.4) is 0 Å². The highest BCUT2D eigenvalue weighted by molar-refractivity contribution is 5.99. The second-order valence-corrected chi connectivity index (χ2v) is 5.60. The zero-order valence-corrected chi connectivity index (χ0v) is 11.9. The molecule has 20 heavy (non-hydrogen) atoms. The van der Waals surface area contributed by atoms with Crippen LogP contribution < -0.4 is 0 Å². The number of ketones is 1. The van der Waals surface area contributed by atoms with Crippen molar-refractivity contribution in [3.63, 3.8) is 0 Å². The van der Waals surface area contributed by atoms with Crippen molar-refractivity contribution in [2.75, 3.05) is 0 Å². The van der Waals surface area contributed by atoms with Gasteiger partial charge in [0, 0.05) is 30.4 Å². The Kier molecular flexibility index (Phi) is 3.68. The number of hydrogen-bond acceptors (Lipinski definition) is 2. The molecule has 3 nitrogen and oxygen atoms in total. The number of aryl methyl sites for hydroxylation is 3. The number of rotatable bonds is 3. The maximum atomic E-state index is 12.7. The number of benzene rings is 1. The van der Waals surface area contributed by atoms with Crippen molar-refractivity contribution in [3.05, 3.63) is 53.3 Å². The van der Waals surface area contributed by atoms with E-state index in [0.29, 0.717) is 5.78 Å². The Morgan fingerprint density at radius 1 is 1.30 bits per heavy atom. The maximum absolute atomic E-state index is 12.7. The molecule has 0 bridgehead atoms. The monoisotopic (exact) mass is 268 g/mol. The predicted molar refractivity (Wildman–Crippen MR) is 78.7 cm³/mol. The minimum absolute atomic E-state index is 0.161. The van der Waals surface area contributed by atoms with Crippen LogP contribution in [0.25, 0.3) is 0 Å². The SMILES string of the molecule is Cn1nccc1CCC1CCCc2ccccc2C1=O. The highest BCUT2D eigenvalue weighted by Gasteiger charge is 2.24. The van der Waals surface area contributed by atoms with Crippen LogP contribution in [0, 0.1) is 5.92 Å². The average molecular weight is 268 g/mol. The third kappa shape index (κ3) is 2.53. The number of aromatic nitrogens is 2. The van der Waals surface area contributed by atoms with E-state index >= 15 is 0 Å². The fraction of sp³-hybridized carbons (Fsp3) is 0.412. The van der Waals surface area contributed by atoms with Crippen molar-refractivity contribution in [3.8, 4) is 0 Å². The van der Waals surface area contributed by atoms with Crippen LogP contribution in [-0.2, 0) is 19.9 Å². The molecule has 1 aromatic heterocycles. The molecule has 0 saturated carbocycles. The largest absolute Gasteiger partial charge is 0.294 e. The average Bonchev–Trinajstić information content (AvgIpc) is 2.80. The fourth-order valence-electron chi connectivity index (χ4n) is 3.11. The molecule has 0 N–H and O–H groups in total. The molecule has 0 spiro atoms. The van der Waals surface area contributed by atoms with Crippen LogP contribution in [0.1, 0.15) is 40.9 Å². The minimum atomic E-state index is 0.161. The Balaban J connectivity index is 1.74. The Morgan fingerprint density at radius 3 is 2.95 bits per heavy atom. The number of carbonyl (C=O) groups excluding carboxylic acids is 1. The van der Waals surface area contributed by atoms with Gasteiger partial charge in [-0.05, 0) is 43.7 Å². The van der Waals surface area contributed by atoms with E-state index in [0.717, 1.165) is 37.7 Å². The lowest BCUT2D eigenvalue weighted by molar-refractivity contribution is 0.0909. The van der Waals surface area contributed by atoms with Gasteiger partial charge in [0.1, 0.15) is 0 Å². The van der Waals surface area contributed by atoms with Gasteiger partial charge >= 0.3 is 0 Å². The topological polar surface area (TPSA) is 34.9 Å². The first-order valence-electron chi connectivity index (χ1n) is 7.34. The van der Waals surface area contributed by atoms with E-state index in [-0.39, 0.29) is 5.92 Å². The van der Waals surface area contributed by atoms with E-state index in [9.17, 15) is 4.79 Å². The van der Waals surface area contributed by atoms with E-state index in [4.69, 9.17) is 0 Å². The Labute approximate surface area is 119 Å². The standard InChI is InChI=1S/C17H20N2O/c1-19-15(11-12-18-19)10-9-14-7-4-6-13-5-2-3-8-16(13)17(14)20/h2-3,5,8,11-12,14H,4,6-7,9-10H2,1H3. The van der Waals surface area contributed by atoms with Crippen molar-refractivity contribution in [1.82, 2.24) is 9.78 Å². The van der Waals surface area contributed by atoms with Crippen molar-refractivity contribution in [2.24, 2.45) is 13.0 Å². The second-order valence-electron chi connectivity index (χ2n) is 5.60. The second kappa shape index (κ2) is 5.61. The summed E-state index contributed by atoms with van der Waals surface area (Å²) in [5.41, 5.74) is 3.37. The molecule has 1 aliphatic carbocycles. The van der Waals surface area contributed by atoms with Gasteiger partial charge in [0.2, 0.25) is 0 Å². The van der Waals surface area contributed by atoms with Crippen LogP contribution in [0.5, 0.6) is 0 Å². The van der Waals surface area contributed by atoms with Gasteiger partial charge in [-0.1, -0.05) is 24.3 Å². The first-order chi connectivity index (χ1) is 9.75. The van der Waals surface area contributed by atoms with Gasteiger partial charge in [-0.25, -0.2) is 0 Å². The summed E-state index contributed by atoms with van der Waals surface area (Å²) in [5, 5.41) is 4.19. The lowest BCUT2D eigenvalue weighted by atomic mass is 9.90. The lowest BCUT2D eigenvalue weighted by Gasteiger charge is -2.13. The van der Waals surface area contributed by atoms with E-state index in [1.165, 1.54) is 11.3 Å². The molecule has 0 aliphatic heterocycles. The Hall–Kier alpha value is -1.90. The summed E-state index contributed by atoms with van der Waals surface area (Å²) in [6.07, 6.45) is 6.82. The van der Waals surface area contributed by atoms with E-state index in [1.807, 2.05) is 42.2 Å². The molecular weight excluding hydrogens is 248 g/mol. The molecule has 1 aliphatic rings. The first kappa shape index (κ1) is 13.1. The molecule has 0 radical (unpaired) electrons. The third-order valence-corrected chi connectivity index (χ3v) is 4.32. The third-order valence-electron chi connectivity index (χ3n) is 4.32. The highest BCUT2D eigenvalue weighted by Crippen LogP contribution is 2.27. The van der Waals surface area contributed by atoms with Crippen LogP contribution >= 0.6 is 0 Å².